The Morgan fingerprint density at radius 1 is 1.20 bits per heavy atom. The molecule has 0 bridgehead atoms. The van der Waals surface area contributed by atoms with Crippen molar-refractivity contribution >= 4 is 18.3 Å². The van der Waals surface area contributed by atoms with Gasteiger partial charge in [0.25, 0.3) is 5.91 Å². The third-order valence-corrected chi connectivity index (χ3v) is 5.31. The molecule has 0 spiro atoms. The fraction of sp³-hybridized carbons (Fsp3) is 0.286. The molecule has 1 fully saturated rings. The lowest BCUT2D eigenvalue weighted by Gasteiger charge is -2.33. The first kappa shape index (κ1) is 21.9. The van der Waals surface area contributed by atoms with Crippen LogP contribution in [0.3, 0.4) is 0 Å². The van der Waals surface area contributed by atoms with E-state index >= 15 is 0 Å². The third kappa shape index (κ3) is 4.49. The van der Waals surface area contributed by atoms with Crippen LogP contribution in [0.5, 0.6) is 0 Å². The summed E-state index contributed by atoms with van der Waals surface area (Å²) in [6.45, 7) is 3.18. The molecular weight excluding hydrogens is 412 g/mol. The van der Waals surface area contributed by atoms with Crippen molar-refractivity contribution < 1.29 is 13.6 Å². The van der Waals surface area contributed by atoms with Gasteiger partial charge in [0.15, 0.2) is 11.6 Å². The quantitative estimate of drug-likeness (QED) is 0.663. The highest BCUT2D eigenvalue weighted by Crippen LogP contribution is 2.27. The number of aryl methyl sites for hydroxylation is 1. The van der Waals surface area contributed by atoms with Crippen LogP contribution in [0.25, 0.3) is 5.69 Å². The van der Waals surface area contributed by atoms with E-state index in [1.807, 2.05) is 19.1 Å². The Balaban J connectivity index is 0.00000256. The van der Waals surface area contributed by atoms with Crippen molar-refractivity contribution in [3.05, 3.63) is 77.4 Å². The second kappa shape index (κ2) is 9.32. The van der Waals surface area contributed by atoms with Crippen LogP contribution in [0.15, 0.2) is 49.1 Å². The van der Waals surface area contributed by atoms with Crippen LogP contribution < -0.4 is 10.6 Å². The predicted octanol–water partition coefficient (Wildman–Crippen LogP) is 3.15. The number of nitrogens with one attached hydrogen (secondary N) is 2. The minimum absolute atomic E-state index is 0. The summed E-state index contributed by atoms with van der Waals surface area (Å²) in [5.74, 6) is -2.03. The molecular formula is C21H22ClF2N5O. The molecule has 3 aromatic rings. The van der Waals surface area contributed by atoms with Crippen molar-refractivity contribution in [2.45, 2.75) is 25.3 Å². The minimum Gasteiger partial charge on any atom is -0.347 e. The topological polar surface area (TPSA) is 71.8 Å². The summed E-state index contributed by atoms with van der Waals surface area (Å²) in [5.41, 5.74) is 2.87. The lowest BCUT2D eigenvalue weighted by Crippen LogP contribution is -2.50. The molecule has 1 aliphatic rings. The van der Waals surface area contributed by atoms with Gasteiger partial charge in [-0.2, -0.15) is 5.10 Å². The van der Waals surface area contributed by atoms with Gasteiger partial charge in [-0.1, -0.05) is 6.07 Å². The molecule has 158 valence electrons. The Morgan fingerprint density at radius 3 is 2.73 bits per heavy atom. The lowest BCUT2D eigenvalue weighted by atomic mass is 9.85. The zero-order valence-electron chi connectivity index (χ0n) is 16.3. The number of carbonyl (C=O) groups is 1. The van der Waals surface area contributed by atoms with Gasteiger partial charge in [-0.25, -0.2) is 18.4 Å². The van der Waals surface area contributed by atoms with E-state index < -0.39 is 11.6 Å². The maximum absolute atomic E-state index is 13.7. The first-order valence-electron chi connectivity index (χ1n) is 9.45. The number of aromatic nitrogens is 3. The van der Waals surface area contributed by atoms with E-state index in [1.165, 1.54) is 12.4 Å². The van der Waals surface area contributed by atoms with Crippen molar-refractivity contribution in [2.75, 3.05) is 13.1 Å². The van der Waals surface area contributed by atoms with E-state index in [2.05, 4.69) is 20.7 Å². The fourth-order valence-electron chi connectivity index (χ4n) is 3.78. The van der Waals surface area contributed by atoms with E-state index in [-0.39, 0.29) is 30.3 Å². The number of benzene rings is 2. The zero-order valence-corrected chi connectivity index (χ0v) is 17.1. The molecule has 2 heterocycles. The minimum atomic E-state index is -0.870. The molecule has 9 heteroatoms. The second-order valence-electron chi connectivity index (χ2n) is 7.19. The summed E-state index contributed by atoms with van der Waals surface area (Å²) in [6.07, 6.45) is 3.76. The number of rotatable bonds is 4. The van der Waals surface area contributed by atoms with Gasteiger partial charge in [-0.15, -0.1) is 12.4 Å². The lowest BCUT2D eigenvalue weighted by molar-refractivity contribution is 0.0924. The smallest absolute Gasteiger partial charge is 0.251 e. The summed E-state index contributed by atoms with van der Waals surface area (Å²) in [6, 6.07) is 9.16. The first-order valence-corrected chi connectivity index (χ1v) is 9.45. The molecule has 2 N–H and O–H groups in total. The number of carbonyl (C=O) groups excluding carboxylic acids is 1. The van der Waals surface area contributed by atoms with Crippen molar-refractivity contribution in [1.82, 2.24) is 25.4 Å². The normalized spacial score (nSPS) is 18.5. The van der Waals surface area contributed by atoms with Crippen LogP contribution in [0.1, 0.15) is 33.8 Å². The van der Waals surface area contributed by atoms with Gasteiger partial charge in [0.2, 0.25) is 0 Å². The van der Waals surface area contributed by atoms with Crippen LogP contribution in [0.4, 0.5) is 8.78 Å². The summed E-state index contributed by atoms with van der Waals surface area (Å²) < 4.78 is 28.6. The van der Waals surface area contributed by atoms with E-state index in [9.17, 15) is 13.6 Å². The van der Waals surface area contributed by atoms with Crippen molar-refractivity contribution in [2.24, 2.45) is 0 Å². The molecule has 0 radical (unpaired) electrons. The number of hydrogen-bond donors (Lipinski definition) is 2. The van der Waals surface area contributed by atoms with Crippen molar-refractivity contribution in [3.8, 4) is 5.69 Å². The Hall–Kier alpha value is -2.84. The van der Waals surface area contributed by atoms with E-state index in [0.29, 0.717) is 17.7 Å². The molecule has 6 nitrogen and oxygen atoms in total. The van der Waals surface area contributed by atoms with E-state index in [0.717, 1.165) is 30.3 Å². The number of hydrogen-bond acceptors (Lipinski definition) is 4. The molecule has 30 heavy (non-hydrogen) atoms. The number of piperidine rings is 1. The highest BCUT2D eigenvalue weighted by Gasteiger charge is 2.29. The molecule has 2 aromatic carbocycles. The molecule has 4 rings (SSSR count). The summed E-state index contributed by atoms with van der Waals surface area (Å²) >= 11 is 0. The van der Waals surface area contributed by atoms with Crippen LogP contribution in [0, 0.1) is 18.6 Å². The Morgan fingerprint density at radius 2 is 2.03 bits per heavy atom. The second-order valence-corrected chi connectivity index (χ2v) is 7.19. The molecule has 1 aromatic heterocycles. The highest BCUT2D eigenvalue weighted by molar-refractivity contribution is 5.96. The Kier molecular flexibility index (Phi) is 6.79. The SMILES string of the molecule is Cc1cc(-n2cncn2)ccc1C(=O)NC1CNCCC1c1ccc(F)c(F)c1.Cl. The largest absolute Gasteiger partial charge is 0.347 e. The summed E-state index contributed by atoms with van der Waals surface area (Å²) in [4.78, 5) is 16.8. The molecule has 0 aliphatic carbocycles. The van der Waals surface area contributed by atoms with Gasteiger partial charge in [-0.05, 0) is 61.3 Å². The monoisotopic (exact) mass is 433 g/mol. The molecule has 1 amide bonds. The van der Waals surface area contributed by atoms with E-state index in [1.54, 1.807) is 23.1 Å². The maximum Gasteiger partial charge on any atom is 0.251 e. The maximum atomic E-state index is 13.7. The molecule has 2 atom stereocenters. The number of amides is 1. The van der Waals surface area contributed by atoms with Crippen molar-refractivity contribution in [3.63, 3.8) is 0 Å². The first-order chi connectivity index (χ1) is 14.0. The standard InChI is InChI=1S/C21H21F2N5O.ClH/c1-13-8-15(28-12-25-11-26-28)3-4-16(13)21(29)27-20-10-24-7-6-17(20)14-2-5-18(22)19(23)9-14;/h2-5,8-9,11-12,17,20,24H,6-7,10H2,1H3,(H,27,29);1H. The van der Waals surface area contributed by atoms with E-state index in [4.69, 9.17) is 0 Å². The van der Waals surface area contributed by atoms with Crippen LogP contribution in [0.2, 0.25) is 0 Å². The molecule has 0 saturated carbocycles. The molecule has 1 aliphatic heterocycles. The van der Waals surface area contributed by atoms with Crippen molar-refractivity contribution in [1.29, 1.82) is 0 Å². The number of halogens is 3. The van der Waals surface area contributed by atoms with Gasteiger partial charge >= 0.3 is 0 Å². The Bertz CT molecular complexity index is 1030. The summed E-state index contributed by atoms with van der Waals surface area (Å²) in [7, 11) is 0. The van der Waals surface area contributed by atoms with Crippen LogP contribution >= 0.6 is 12.4 Å². The molecule has 1 saturated heterocycles. The van der Waals surface area contributed by atoms with Gasteiger partial charge in [-0.3, -0.25) is 4.79 Å². The molecule has 2 unspecified atom stereocenters. The average Bonchev–Trinajstić information content (AvgIpc) is 3.25. The van der Waals surface area contributed by atoms with Gasteiger partial charge in [0, 0.05) is 24.1 Å². The zero-order chi connectivity index (χ0) is 20.4. The Labute approximate surface area is 179 Å². The van der Waals surface area contributed by atoms with Crippen LogP contribution in [-0.2, 0) is 0 Å². The number of nitrogens with zero attached hydrogens (tertiary/aromatic N) is 3. The average molecular weight is 434 g/mol. The highest BCUT2D eigenvalue weighted by atomic mass is 35.5. The van der Waals surface area contributed by atoms with Gasteiger partial charge < -0.3 is 10.6 Å². The van der Waals surface area contributed by atoms with Gasteiger partial charge in [0.05, 0.1) is 5.69 Å². The summed E-state index contributed by atoms with van der Waals surface area (Å²) in [5, 5.41) is 10.4. The van der Waals surface area contributed by atoms with Crippen LogP contribution in [-0.4, -0.2) is 39.8 Å². The van der Waals surface area contributed by atoms with Gasteiger partial charge in [0.1, 0.15) is 12.7 Å². The third-order valence-electron chi connectivity index (χ3n) is 5.31. The fourth-order valence-corrected chi connectivity index (χ4v) is 3.78. The predicted molar refractivity (Wildman–Crippen MR) is 111 cm³/mol.